The number of rotatable bonds is 3. The van der Waals surface area contributed by atoms with Crippen molar-refractivity contribution in [3.63, 3.8) is 0 Å². The molecule has 7 nitrogen and oxygen atoms in total. The average Bonchev–Trinajstić information content (AvgIpc) is 3.03. The topological polar surface area (TPSA) is 110 Å². The van der Waals surface area contributed by atoms with E-state index in [4.69, 9.17) is 15.2 Å². The van der Waals surface area contributed by atoms with Gasteiger partial charge in [-0.05, 0) is 17.7 Å². The molecule has 2 aromatic heterocycles. The average molecular weight is 333 g/mol. The monoisotopic (exact) mass is 333 g/mol. The van der Waals surface area contributed by atoms with E-state index in [2.05, 4.69) is 21.3 Å². The maximum atomic E-state index is 9.70. The molecule has 3 N–H and O–H groups in total. The van der Waals surface area contributed by atoms with Gasteiger partial charge in [0, 0.05) is 18.7 Å². The number of fused-ring (bicyclic) bond motifs is 2. The van der Waals surface area contributed by atoms with Gasteiger partial charge in [-0.25, -0.2) is 0 Å². The van der Waals surface area contributed by atoms with Gasteiger partial charge in [-0.1, -0.05) is 18.2 Å². The molecule has 3 aromatic rings. The second-order valence-corrected chi connectivity index (χ2v) is 5.70. The first-order valence-corrected chi connectivity index (χ1v) is 7.72. The van der Waals surface area contributed by atoms with E-state index in [-0.39, 0.29) is 5.88 Å². The van der Waals surface area contributed by atoms with Crippen LogP contribution < -0.4 is 10.5 Å². The number of ether oxygens (including phenoxy) is 2. The molecule has 0 unspecified atom stereocenters. The van der Waals surface area contributed by atoms with Gasteiger partial charge >= 0.3 is 0 Å². The third kappa shape index (κ3) is 2.31. The zero-order valence-electron chi connectivity index (χ0n) is 13.5. The number of nitriles is 1. The van der Waals surface area contributed by atoms with Crippen LogP contribution in [0.5, 0.6) is 5.88 Å². The second-order valence-electron chi connectivity index (χ2n) is 5.70. The number of aromatic nitrogens is 3. The summed E-state index contributed by atoms with van der Waals surface area (Å²) >= 11 is 0. The van der Waals surface area contributed by atoms with Gasteiger partial charge in [-0.3, -0.25) is 10.1 Å². The molecule has 1 aliphatic heterocycles. The zero-order chi connectivity index (χ0) is 17.4. The van der Waals surface area contributed by atoms with E-state index in [9.17, 15) is 5.26 Å². The summed E-state index contributed by atoms with van der Waals surface area (Å²) in [6, 6.07) is 11.9. The van der Waals surface area contributed by atoms with Crippen LogP contribution in [0.1, 0.15) is 22.7 Å². The molecular weight excluding hydrogens is 318 g/mol. The Balaban J connectivity index is 2.02. The molecule has 1 aliphatic rings. The van der Waals surface area contributed by atoms with Gasteiger partial charge in [0.25, 0.3) is 0 Å². The van der Waals surface area contributed by atoms with E-state index in [1.165, 1.54) is 0 Å². The van der Waals surface area contributed by atoms with E-state index >= 15 is 0 Å². The van der Waals surface area contributed by atoms with Crippen molar-refractivity contribution in [1.29, 1.82) is 5.26 Å². The second kappa shape index (κ2) is 5.92. The number of benzene rings is 1. The normalized spacial score (nSPS) is 16.4. The lowest BCUT2D eigenvalue weighted by molar-refractivity contribution is 0.180. The maximum Gasteiger partial charge on any atom is 0.244 e. The van der Waals surface area contributed by atoms with Gasteiger partial charge in [0.2, 0.25) is 11.8 Å². The number of aromatic amines is 1. The van der Waals surface area contributed by atoms with Crippen molar-refractivity contribution in [1.82, 2.24) is 15.2 Å². The summed E-state index contributed by atoms with van der Waals surface area (Å²) < 4.78 is 10.8. The molecule has 0 radical (unpaired) electrons. The molecule has 4 rings (SSSR count). The molecule has 0 aliphatic carbocycles. The van der Waals surface area contributed by atoms with Crippen molar-refractivity contribution in [3.8, 4) is 11.9 Å². The summed E-state index contributed by atoms with van der Waals surface area (Å²) in [4.78, 5) is 4.40. The fourth-order valence-electron chi connectivity index (χ4n) is 3.24. The molecule has 0 saturated heterocycles. The van der Waals surface area contributed by atoms with E-state index < -0.39 is 5.92 Å². The van der Waals surface area contributed by atoms with Crippen LogP contribution in [-0.4, -0.2) is 22.3 Å². The predicted octanol–water partition coefficient (Wildman–Crippen LogP) is 2.32. The minimum Gasteiger partial charge on any atom is -0.420 e. The third-order valence-corrected chi connectivity index (χ3v) is 4.30. The molecule has 7 heteroatoms. The van der Waals surface area contributed by atoms with Crippen molar-refractivity contribution in [2.24, 2.45) is 5.73 Å². The van der Waals surface area contributed by atoms with Gasteiger partial charge in [0.05, 0.1) is 29.3 Å². The first-order valence-electron chi connectivity index (χ1n) is 7.72. The summed E-state index contributed by atoms with van der Waals surface area (Å²) in [5.74, 6) is 0.0383. The lowest BCUT2D eigenvalue weighted by Gasteiger charge is -2.24. The number of para-hydroxylation sites is 1. The van der Waals surface area contributed by atoms with Gasteiger partial charge in [0.1, 0.15) is 11.6 Å². The number of nitrogens with zero attached hydrogens (tertiary/aromatic N) is 3. The summed E-state index contributed by atoms with van der Waals surface area (Å²) in [6.45, 7) is 0.323. The van der Waals surface area contributed by atoms with Crippen molar-refractivity contribution in [2.45, 2.75) is 12.5 Å². The first-order chi connectivity index (χ1) is 12.2. The minimum absolute atomic E-state index is 0.0661. The Bertz CT molecular complexity index is 1030. The van der Waals surface area contributed by atoms with E-state index in [0.717, 1.165) is 27.7 Å². The molecule has 25 heavy (non-hydrogen) atoms. The predicted molar refractivity (Wildman–Crippen MR) is 90.3 cm³/mol. The number of H-pyrrole nitrogens is 1. The summed E-state index contributed by atoms with van der Waals surface area (Å²) in [6.07, 6.45) is 1.73. The number of pyridine rings is 1. The molecule has 0 spiro atoms. The molecule has 1 aromatic carbocycles. The number of nitrogens with one attached hydrogen (secondary N) is 1. The van der Waals surface area contributed by atoms with Crippen LogP contribution in [0.3, 0.4) is 0 Å². The van der Waals surface area contributed by atoms with Crippen LogP contribution in [0.4, 0.5) is 0 Å². The van der Waals surface area contributed by atoms with Gasteiger partial charge in [-0.2, -0.15) is 5.26 Å². The highest BCUT2D eigenvalue weighted by atomic mass is 16.5. The van der Waals surface area contributed by atoms with E-state index in [0.29, 0.717) is 18.1 Å². The number of methoxy groups -OCH3 is 1. The fraction of sp³-hybridized carbons (Fsp3) is 0.167. The minimum atomic E-state index is -0.398. The van der Waals surface area contributed by atoms with Crippen LogP contribution in [0.15, 0.2) is 48.0 Å². The van der Waals surface area contributed by atoms with Gasteiger partial charge in [0.15, 0.2) is 0 Å². The van der Waals surface area contributed by atoms with Gasteiger partial charge < -0.3 is 15.2 Å². The molecule has 124 valence electrons. The summed E-state index contributed by atoms with van der Waals surface area (Å²) in [5, 5.41) is 17.8. The van der Waals surface area contributed by atoms with Gasteiger partial charge in [-0.15, -0.1) is 5.10 Å². The SMILES string of the molecule is COCc1[nH]nc2c1[C@H](c1ccnc3ccccc13)C(C#N)=C(N)O2. The third-order valence-electron chi connectivity index (χ3n) is 4.30. The molecule has 1 atom stereocenters. The summed E-state index contributed by atoms with van der Waals surface area (Å²) in [5.41, 5.74) is 9.64. The number of nitrogens with two attached hydrogens (primary N) is 1. The quantitative estimate of drug-likeness (QED) is 0.761. The van der Waals surface area contributed by atoms with Crippen molar-refractivity contribution in [3.05, 3.63) is 64.8 Å². The maximum absolute atomic E-state index is 9.70. The van der Waals surface area contributed by atoms with Crippen molar-refractivity contribution >= 4 is 10.9 Å². The Kier molecular flexibility index (Phi) is 3.60. The Morgan fingerprint density at radius 2 is 2.20 bits per heavy atom. The number of allylic oxidation sites excluding steroid dienone is 1. The van der Waals surface area contributed by atoms with Crippen LogP contribution in [0.2, 0.25) is 0 Å². The van der Waals surface area contributed by atoms with Crippen molar-refractivity contribution < 1.29 is 9.47 Å². The largest absolute Gasteiger partial charge is 0.420 e. The Hall–Kier alpha value is -3.37. The molecule has 0 bridgehead atoms. The molecule has 0 fully saturated rings. The number of hydrogen-bond donors (Lipinski definition) is 2. The molecule has 3 heterocycles. The van der Waals surface area contributed by atoms with E-state index in [1.54, 1.807) is 13.3 Å². The van der Waals surface area contributed by atoms with Crippen LogP contribution in [0.25, 0.3) is 10.9 Å². The highest BCUT2D eigenvalue weighted by Gasteiger charge is 2.35. The molecule has 0 saturated carbocycles. The molecule has 0 amide bonds. The Morgan fingerprint density at radius 1 is 1.36 bits per heavy atom. The lowest BCUT2D eigenvalue weighted by atomic mass is 9.82. The lowest BCUT2D eigenvalue weighted by Crippen LogP contribution is -2.21. The molecular formula is C18H15N5O2. The van der Waals surface area contributed by atoms with E-state index in [1.807, 2.05) is 30.3 Å². The zero-order valence-corrected chi connectivity index (χ0v) is 13.5. The highest BCUT2D eigenvalue weighted by Crippen LogP contribution is 2.44. The fourth-order valence-corrected chi connectivity index (χ4v) is 3.24. The Morgan fingerprint density at radius 3 is 3.00 bits per heavy atom. The highest BCUT2D eigenvalue weighted by molar-refractivity contribution is 5.84. The first kappa shape index (κ1) is 15.2. The summed E-state index contributed by atoms with van der Waals surface area (Å²) in [7, 11) is 1.60. The number of hydrogen-bond acceptors (Lipinski definition) is 6. The standard InChI is InChI=1S/C18H15N5O2/c1-24-9-14-16-15(12(8-19)17(20)25-18(16)23-22-14)11-6-7-21-13-5-3-2-4-10(11)13/h2-7,15H,9,20H2,1H3,(H,22,23)/t15-/m1/s1. The van der Waals surface area contributed by atoms with Crippen molar-refractivity contribution in [2.75, 3.05) is 7.11 Å². The van der Waals surface area contributed by atoms with Crippen LogP contribution in [-0.2, 0) is 11.3 Å². The smallest absolute Gasteiger partial charge is 0.244 e. The Labute approximate surface area is 143 Å². The van der Waals surface area contributed by atoms with Crippen LogP contribution >= 0.6 is 0 Å². The van der Waals surface area contributed by atoms with Crippen LogP contribution in [0, 0.1) is 11.3 Å².